The molecule has 2 rings (SSSR count). The number of carbonyl (C=O) groups excluding carboxylic acids is 2. The van der Waals surface area contributed by atoms with Crippen LogP contribution in [0.3, 0.4) is 0 Å². The molecule has 0 saturated heterocycles. The van der Waals surface area contributed by atoms with Crippen molar-refractivity contribution in [3.63, 3.8) is 0 Å². The molecule has 0 aliphatic carbocycles. The van der Waals surface area contributed by atoms with E-state index in [0.717, 1.165) is 6.07 Å². The minimum Gasteiger partial charge on any atom is -0.493 e. The third-order valence-corrected chi connectivity index (χ3v) is 4.27. The molecule has 8 heteroatoms. The summed E-state index contributed by atoms with van der Waals surface area (Å²) in [7, 11) is 6.07. The molecule has 0 aliphatic heterocycles. The summed E-state index contributed by atoms with van der Waals surface area (Å²) in [4.78, 5) is 26.4. The largest absolute Gasteiger partial charge is 0.493 e. The number of nitrogens with zero attached hydrogens (tertiary/aromatic N) is 1. The standard InChI is InChI=1S/C18H18BrFN2O4/c1-22(2)18(24)12-8-15(25-3)16(26-4)9-14(12)21-17(23)11-7-10(20)5-6-13(11)19/h5-9H,1-4H3,(H,21,23). The Bertz CT molecular complexity index is 855. The van der Waals surface area contributed by atoms with Crippen molar-refractivity contribution < 1.29 is 23.5 Å². The van der Waals surface area contributed by atoms with Crippen molar-refractivity contribution in [1.82, 2.24) is 4.90 Å². The molecule has 0 radical (unpaired) electrons. The number of benzene rings is 2. The molecule has 1 N–H and O–H groups in total. The number of amides is 2. The first-order valence-electron chi connectivity index (χ1n) is 7.52. The fraction of sp³-hybridized carbons (Fsp3) is 0.222. The first-order valence-corrected chi connectivity index (χ1v) is 8.31. The molecular formula is C18H18BrFN2O4. The van der Waals surface area contributed by atoms with Gasteiger partial charge in [0.25, 0.3) is 11.8 Å². The van der Waals surface area contributed by atoms with Crippen molar-refractivity contribution in [2.75, 3.05) is 33.6 Å². The molecule has 0 aliphatic rings. The quantitative estimate of drug-likeness (QED) is 0.796. The van der Waals surface area contributed by atoms with Crippen LogP contribution in [-0.2, 0) is 0 Å². The van der Waals surface area contributed by atoms with Crippen LogP contribution in [0, 0.1) is 5.82 Å². The summed E-state index contributed by atoms with van der Waals surface area (Å²) < 4.78 is 24.4. The smallest absolute Gasteiger partial charge is 0.256 e. The zero-order valence-electron chi connectivity index (χ0n) is 14.7. The van der Waals surface area contributed by atoms with Crippen LogP contribution in [-0.4, -0.2) is 45.0 Å². The molecular weight excluding hydrogens is 407 g/mol. The highest BCUT2D eigenvalue weighted by atomic mass is 79.9. The monoisotopic (exact) mass is 424 g/mol. The number of nitrogens with one attached hydrogen (secondary N) is 1. The Morgan fingerprint density at radius 2 is 1.65 bits per heavy atom. The fourth-order valence-corrected chi connectivity index (χ4v) is 2.69. The summed E-state index contributed by atoms with van der Waals surface area (Å²) in [5, 5.41) is 2.64. The molecule has 0 heterocycles. The minimum absolute atomic E-state index is 0.100. The Morgan fingerprint density at radius 1 is 1.04 bits per heavy atom. The third kappa shape index (κ3) is 4.13. The Kier molecular flexibility index (Phi) is 6.20. The molecule has 0 saturated carbocycles. The van der Waals surface area contributed by atoms with Gasteiger partial charge in [-0.05, 0) is 40.2 Å². The second-order valence-electron chi connectivity index (χ2n) is 5.53. The number of rotatable bonds is 5. The molecule has 2 aromatic rings. The average molecular weight is 425 g/mol. The SMILES string of the molecule is COc1cc(NC(=O)c2cc(F)ccc2Br)c(C(=O)N(C)C)cc1OC. The predicted molar refractivity (Wildman–Crippen MR) is 99.6 cm³/mol. The predicted octanol–water partition coefficient (Wildman–Crippen LogP) is 3.56. The molecule has 0 fully saturated rings. The van der Waals surface area contributed by atoms with E-state index in [9.17, 15) is 14.0 Å². The summed E-state index contributed by atoms with van der Waals surface area (Å²) in [6.07, 6.45) is 0. The first kappa shape index (κ1) is 19.7. The summed E-state index contributed by atoms with van der Waals surface area (Å²) in [6, 6.07) is 6.74. The summed E-state index contributed by atoms with van der Waals surface area (Å²) >= 11 is 3.22. The zero-order chi connectivity index (χ0) is 19.4. The topological polar surface area (TPSA) is 67.9 Å². The number of halogens is 2. The second kappa shape index (κ2) is 8.18. The van der Waals surface area contributed by atoms with Gasteiger partial charge in [-0.2, -0.15) is 0 Å². The lowest BCUT2D eigenvalue weighted by molar-refractivity contribution is 0.0828. The maximum atomic E-state index is 13.5. The van der Waals surface area contributed by atoms with Crippen LogP contribution >= 0.6 is 15.9 Å². The van der Waals surface area contributed by atoms with Gasteiger partial charge in [0.05, 0.1) is 31.0 Å². The summed E-state index contributed by atoms with van der Waals surface area (Å²) in [6.45, 7) is 0. The van der Waals surface area contributed by atoms with Crippen LogP contribution in [0.4, 0.5) is 10.1 Å². The maximum absolute atomic E-state index is 13.5. The highest BCUT2D eigenvalue weighted by Gasteiger charge is 2.21. The molecule has 2 aromatic carbocycles. The Balaban J connectivity index is 2.51. The van der Waals surface area contributed by atoms with E-state index in [1.54, 1.807) is 14.1 Å². The lowest BCUT2D eigenvalue weighted by atomic mass is 10.1. The molecule has 6 nitrogen and oxygen atoms in total. The highest BCUT2D eigenvalue weighted by Crippen LogP contribution is 2.34. The lowest BCUT2D eigenvalue weighted by Gasteiger charge is -2.18. The number of hydrogen-bond donors (Lipinski definition) is 1. The van der Waals surface area contributed by atoms with Crippen molar-refractivity contribution in [3.05, 3.63) is 51.7 Å². The average Bonchev–Trinajstić information content (AvgIpc) is 2.62. The van der Waals surface area contributed by atoms with Gasteiger partial charge in [-0.15, -0.1) is 0 Å². The minimum atomic E-state index is -0.573. The summed E-state index contributed by atoms with van der Waals surface area (Å²) in [5.74, 6) is -0.759. The van der Waals surface area contributed by atoms with Crippen LogP contribution in [0.1, 0.15) is 20.7 Å². The van der Waals surface area contributed by atoms with E-state index in [1.165, 1.54) is 43.4 Å². The van der Waals surface area contributed by atoms with Gasteiger partial charge in [0, 0.05) is 24.6 Å². The van der Waals surface area contributed by atoms with E-state index in [2.05, 4.69) is 21.2 Å². The Labute approximate surface area is 159 Å². The van der Waals surface area contributed by atoms with Gasteiger partial charge in [0.2, 0.25) is 0 Å². The Morgan fingerprint density at radius 3 is 2.23 bits per heavy atom. The van der Waals surface area contributed by atoms with Crippen molar-refractivity contribution >= 4 is 33.4 Å². The van der Waals surface area contributed by atoms with Crippen LogP contribution in [0.5, 0.6) is 11.5 Å². The van der Waals surface area contributed by atoms with Gasteiger partial charge in [-0.3, -0.25) is 9.59 Å². The number of ether oxygens (including phenoxy) is 2. The van der Waals surface area contributed by atoms with Crippen molar-refractivity contribution in [1.29, 1.82) is 0 Å². The van der Waals surface area contributed by atoms with Crippen LogP contribution < -0.4 is 14.8 Å². The molecule has 0 bridgehead atoms. The maximum Gasteiger partial charge on any atom is 0.256 e. The van der Waals surface area contributed by atoms with E-state index in [1.807, 2.05) is 0 Å². The first-order chi connectivity index (χ1) is 12.3. The van der Waals surface area contributed by atoms with Gasteiger partial charge < -0.3 is 19.7 Å². The zero-order valence-corrected chi connectivity index (χ0v) is 16.3. The van der Waals surface area contributed by atoms with Crippen LogP contribution in [0.15, 0.2) is 34.8 Å². The lowest BCUT2D eigenvalue weighted by Crippen LogP contribution is -2.24. The molecule has 0 unspecified atom stereocenters. The van der Waals surface area contributed by atoms with Crippen molar-refractivity contribution in [2.45, 2.75) is 0 Å². The molecule has 138 valence electrons. The Hall–Kier alpha value is -2.61. The van der Waals surface area contributed by atoms with Crippen molar-refractivity contribution in [3.8, 4) is 11.5 Å². The van der Waals surface area contributed by atoms with Gasteiger partial charge in [-0.25, -0.2) is 4.39 Å². The molecule has 0 spiro atoms. The second-order valence-corrected chi connectivity index (χ2v) is 6.38. The number of hydrogen-bond acceptors (Lipinski definition) is 4. The van der Waals surface area contributed by atoms with Crippen LogP contribution in [0.25, 0.3) is 0 Å². The molecule has 0 atom stereocenters. The number of anilines is 1. The van der Waals surface area contributed by atoms with Gasteiger partial charge in [0.15, 0.2) is 11.5 Å². The fourth-order valence-electron chi connectivity index (χ4n) is 2.26. The third-order valence-electron chi connectivity index (χ3n) is 3.58. The van der Waals surface area contributed by atoms with E-state index < -0.39 is 11.7 Å². The van der Waals surface area contributed by atoms with Crippen LogP contribution in [0.2, 0.25) is 0 Å². The van der Waals surface area contributed by atoms with E-state index in [-0.39, 0.29) is 22.7 Å². The van der Waals surface area contributed by atoms with Gasteiger partial charge >= 0.3 is 0 Å². The van der Waals surface area contributed by atoms with E-state index in [0.29, 0.717) is 16.0 Å². The van der Waals surface area contributed by atoms with E-state index >= 15 is 0 Å². The summed E-state index contributed by atoms with van der Waals surface area (Å²) in [5.41, 5.74) is 0.541. The van der Waals surface area contributed by atoms with Gasteiger partial charge in [-0.1, -0.05) is 0 Å². The van der Waals surface area contributed by atoms with Gasteiger partial charge in [0.1, 0.15) is 5.82 Å². The number of methoxy groups -OCH3 is 2. The normalized spacial score (nSPS) is 10.2. The van der Waals surface area contributed by atoms with E-state index in [4.69, 9.17) is 9.47 Å². The van der Waals surface area contributed by atoms with Crippen molar-refractivity contribution in [2.24, 2.45) is 0 Å². The molecule has 0 aromatic heterocycles. The highest BCUT2D eigenvalue weighted by molar-refractivity contribution is 9.10. The number of carbonyl (C=O) groups is 2. The molecule has 26 heavy (non-hydrogen) atoms. The molecule has 2 amide bonds.